The number of carboxylic acids is 1. The molecule has 0 spiro atoms. The Kier molecular flexibility index (Phi) is 14.6. The van der Waals surface area contributed by atoms with Gasteiger partial charge in [-0.3, -0.25) is 4.79 Å². The van der Waals surface area contributed by atoms with Crippen molar-refractivity contribution in [2.45, 2.75) is 59.8 Å². The predicted molar refractivity (Wildman–Crippen MR) is 93.5 cm³/mol. The highest BCUT2D eigenvalue weighted by atomic mass is 16.4. The normalized spacial score (nSPS) is 20.2. The van der Waals surface area contributed by atoms with Gasteiger partial charge in [-0.05, 0) is 45.4 Å². The standard InChI is InChI=1S/C9H16O2.C4H11N3.C4H6/c1-7-2-4-8(5-3-7)6-9(10)11;1-4(5)6-7(2)3;1-3-4-2/h7-8H,2-6H2,1H3,(H,10,11);1-3H3,(H2,5,6);1-2H3. The molecule has 0 atom stereocenters. The zero-order valence-electron chi connectivity index (χ0n) is 15.0. The van der Waals surface area contributed by atoms with E-state index >= 15 is 0 Å². The Morgan fingerprint density at radius 1 is 1.23 bits per heavy atom. The van der Waals surface area contributed by atoms with Gasteiger partial charge in [0, 0.05) is 20.5 Å². The third kappa shape index (κ3) is 18.3. The molecule has 1 rings (SSSR count). The van der Waals surface area contributed by atoms with E-state index in [1.54, 1.807) is 11.9 Å². The quantitative estimate of drug-likeness (QED) is 0.363. The first-order valence-corrected chi connectivity index (χ1v) is 7.76. The van der Waals surface area contributed by atoms with Crippen LogP contribution in [0.15, 0.2) is 5.10 Å². The number of hydrazone groups is 1. The Bertz CT molecular complexity index is 363. The third-order valence-electron chi connectivity index (χ3n) is 3.21. The molecule has 0 aromatic rings. The Morgan fingerprint density at radius 3 is 1.91 bits per heavy atom. The van der Waals surface area contributed by atoms with Crippen LogP contribution in [0.4, 0.5) is 0 Å². The summed E-state index contributed by atoms with van der Waals surface area (Å²) in [6.45, 7) is 7.64. The van der Waals surface area contributed by atoms with Crippen LogP contribution in [0.3, 0.4) is 0 Å². The second-order valence-electron chi connectivity index (χ2n) is 5.81. The molecule has 1 saturated carbocycles. The van der Waals surface area contributed by atoms with Gasteiger partial charge >= 0.3 is 5.97 Å². The van der Waals surface area contributed by atoms with Crippen molar-refractivity contribution in [3.05, 3.63) is 0 Å². The first kappa shape index (κ1) is 22.6. The molecule has 0 bridgehead atoms. The summed E-state index contributed by atoms with van der Waals surface area (Å²) in [5.41, 5.74) is 5.20. The molecule has 22 heavy (non-hydrogen) atoms. The average molecular weight is 311 g/mol. The van der Waals surface area contributed by atoms with Crippen LogP contribution < -0.4 is 5.73 Å². The number of amidine groups is 1. The molecule has 0 heterocycles. The number of hydrogen-bond acceptors (Lipinski definition) is 3. The van der Waals surface area contributed by atoms with Gasteiger partial charge in [0.15, 0.2) is 0 Å². The van der Waals surface area contributed by atoms with E-state index in [4.69, 9.17) is 10.8 Å². The van der Waals surface area contributed by atoms with E-state index in [1.165, 1.54) is 12.8 Å². The molecule has 0 aromatic heterocycles. The van der Waals surface area contributed by atoms with Crippen LogP contribution in [-0.2, 0) is 4.79 Å². The molecule has 5 heteroatoms. The minimum atomic E-state index is -0.635. The van der Waals surface area contributed by atoms with Crippen molar-refractivity contribution in [2.75, 3.05) is 14.1 Å². The molecular formula is C17H33N3O2. The number of nitrogens with two attached hydrogens (primary N) is 1. The smallest absolute Gasteiger partial charge is 0.303 e. The molecule has 128 valence electrons. The van der Waals surface area contributed by atoms with Crippen molar-refractivity contribution < 1.29 is 9.90 Å². The molecule has 0 aliphatic heterocycles. The van der Waals surface area contributed by atoms with Crippen molar-refractivity contribution >= 4 is 11.8 Å². The highest BCUT2D eigenvalue weighted by Crippen LogP contribution is 2.29. The zero-order chi connectivity index (χ0) is 17.5. The summed E-state index contributed by atoms with van der Waals surface area (Å²) in [4.78, 5) is 10.3. The molecular weight excluding hydrogens is 278 g/mol. The van der Waals surface area contributed by atoms with Gasteiger partial charge in [0.1, 0.15) is 5.84 Å². The molecule has 0 unspecified atom stereocenters. The van der Waals surface area contributed by atoms with Gasteiger partial charge in [-0.1, -0.05) is 19.8 Å². The van der Waals surface area contributed by atoms with E-state index < -0.39 is 5.97 Å². The zero-order valence-corrected chi connectivity index (χ0v) is 15.0. The van der Waals surface area contributed by atoms with E-state index in [0.29, 0.717) is 18.2 Å². The summed E-state index contributed by atoms with van der Waals surface area (Å²) in [5, 5.41) is 14.0. The van der Waals surface area contributed by atoms with Gasteiger partial charge in [-0.25, -0.2) is 0 Å². The summed E-state index contributed by atoms with van der Waals surface area (Å²) >= 11 is 0. The molecule has 3 N–H and O–H groups in total. The van der Waals surface area contributed by atoms with E-state index in [1.807, 2.05) is 27.9 Å². The van der Waals surface area contributed by atoms with Crippen LogP contribution in [0.25, 0.3) is 0 Å². The fourth-order valence-electron chi connectivity index (χ4n) is 2.10. The lowest BCUT2D eigenvalue weighted by Crippen LogP contribution is -2.15. The third-order valence-corrected chi connectivity index (χ3v) is 3.21. The molecule has 1 fully saturated rings. The maximum absolute atomic E-state index is 10.3. The second kappa shape index (κ2) is 14.2. The van der Waals surface area contributed by atoms with Gasteiger partial charge in [0.05, 0.1) is 0 Å². The maximum atomic E-state index is 10.3. The summed E-state index contributed by atoms with van der Waals surface area (Å²) < 4.78 is 0. The van der Waals surface area contributed by atoms with Crippen LogP contribution in [0.5, 0.6) is 0 Å². The molecule has 0 radical (unpaired) electrons. The van der Waals surface area contributed by atoms with Crippen LogP contribution in [-0.4, -0.2) is 36.0 Å². The van der Waals surface area contributed by atoms with E-state index in [9.17, 15) is 4.79 Å². The van der Waals surface area contributed by atoms with Crippen molar-refractivity contribution in [3.8, 4) is 11.8 Å². The molecule has 5 nitrogen and oxygen atoms in total. The highest BCUT2D eigenvalue weighted by molar-refractivity contribution is 5.77. The van der Waals surface area contributed by atoms with Crippen LogP contribution >= 0.6 is 0 Å². The number of rotatable bonds is 3. The van der Waals surface area contributed by atoms with Crippen LogP contribution in [0.1, 0.15) is 59.8 Å². The van der Waals surface area contributed by atoms with Crippen LogP contribution in [0, 0.1) is 23.7 Å². The fraction of sp³-hybridized carbons (Fsp3) is 0.765. The molecule has 0 amide bonds. The predicted octanol–water partition coefficient (Wildman–Crippen LogP) is 3.16. The monoisotopic (exact) mass is 311 g/mol. The Hall–Kier alpha value is -1.70. The van der Waals surface area contributed by atoms with Gasteiger partial charge < -0.3 is 15.8 Å². The first-order valence-electron chi connectivity index (χ1n) is 7.76. The first-order chi connectivity index (χ1) is 10.2. The minimum Gasteiger partial charge on any atom is -0.481 e. The van der Waals surface area contributed by atoms with Crippen molar-refractivity contribution in [1.29, 1.82) is 0 Å². The lowest BCUT2D eigenvalue weighted by Gasteiger charge is -2.24. The lowest BCUT2D eigenvalue weighted by atomic mass is 9.81. The maximum Gasteiger partial charge on any atom is 0.303 e. The molecule has 0 saturated heterocycles. The number of carbonyl (C=O) groups is 1. The largest absolute Gasteiger partial charge is 0.481 e. The van der Waals surface area contributed by atoms with E-state index in [2.05, 4.69) is 23.9 Å². The number of carboxylic acid groups (broad SMARTS) is 1. The van der Waals surface area contributed by atoms with Gasteiger partial charge in [-0.2, -0.15) is 5.10 Å². The van der Waals surface area contributed by atoms with E-state index in [0.717, 1.165) is 18.8 Å². The van der Waals surface area contributed by atoms with Gasteiger partial charge in [-0.15, -0.1) is 11.8 Å². The summed E-state index contributed by atoms with van der Waals surface area (Å²) in [5.74, 6) is 6.60. The van der Waals surface area contributed by atoms with Crippen molar-refractivity contribution in [3.63, 3.8) is 0 Å². The number of nitrogens with zero attached hydrogens (tertiary/aromatic N) is 2. The summed E-state index contributed by atoms with van der Waals surface area (Å²) in [6, 6.07) is 0. The lowest BCUT2D eigenvalue weighted by molar-refractivity contribution is -0.138. The SMILES string of the molecule is C/C(N)=N/N(C)C.CC#CC.CC1CCC(CC(=O)O)CC1. The van der Waals surface area contributed by atoms with Crippen LogP contribution in [0.2, 0.25) is 0 Å². The second-order valence-corrected chi connectivity index (χ2v) is 5.81. The fourth-order valence-corrected chi connectivity index (χ4v) is 2.10. The average Bonchev–Trinajstić information content (AvgIpc) is 2.40. The van der Waals surface area contributed by atoms with Crippen molar-refractivity contribution in [2.24, 2.45) is 22.7 Å². The topological polar surface area (TPSA) is 78.9 Å². The van der Waals surface area contributed by atoms with Crippen molar-refractivity contribution in [1.82, 2.24) is 5.01 Å². The Labute approximate surface area is 136 Å². The summed E-state index contributed by atoms with van der Waals surface area (Å²) in [6.07, 6.45) is 5.06. The Morgan fingerprint density at radius 2 is 1.68 bits per heavy atom. The Balaban J connectivity index is 0. The highest BCUT2D eigenvalue weighted by Gasteiger charge is 2.19. The number of aliphatic carboxylic acids is 1. The molecule has 1 aliphatic rings. The van der Waals surface area contributed by atoms with Gasteiger partial charge in [0.2, 0.25) is 0 Å². The summed E-state index contributed by atoms with van der Waals surface area (Å²) in [7, 11) is 3.66. The molecule has 1 aliphatic carbocycles. The van der Waals surface area contributed by atoms with E-state index in [-0.39, 0.29) is 0 Å². The molecule has 0 aromatic carbocycles. The minimum absolute atomic E-state index is 0.382. The number of hydrogen-bond donors (Lipinski definition) is 2. The van der Waals surface area contributed by atoms with Gasteiger partial charge in [0.25, 0.3) is 0 Å².